The van der Waals surface area contributed by atoms with E-state index in [0.717, 1.165) is 5.56 Å². The maximum Gasteiger partial charge on any atom is 0.201 e. The molecule has 4 rings (SSSR count). The SMILES string of the molecule is N#C/C(=N\Nc1cc(Br)c2ncnc3c2c1C(=O)c1ccccc1-3)C(=N)N. The van der Waals surface area contributed by atoms with Gasteiger partial charge in [0.05, 0.1) is 22.5 Å². The highest BCUT2D eigenvalue weighted by Gasteiger charge is 2.30. The van der Waals surface area contributed by atoms with Gasteiger partial charge >= 0.3 is 0 Å². The van der Waals surface area contributed by atoms with E-state index in [2.05, 4.69) is 36.4 Å². The number of hydrogen-bond acceptors (Lipinski definition) is 7. The molecule has 0 unspecified atom stereocenters. The zero-order chi connectivity index (χ0) is 19.1. The Bertz CT molecular complexity index is 1230. The first-order valence-corrected chi connectivity index (χ1v) is 8.51. The van der Waals surface area contributed by atoms with Crippen LogP contribution in [0.1, 0.15) is 15.9 Å². The highest BCUT2D eigenvalue weighted by molar-refractivity contribution is 9.10. The Labute approximate surface area is 161 Å². The van der Waals surface area contributed by atoms with Crippen LogP contribution in [0.25, 0.3) is 22.2 Å². The van der Waals surface area contributed by atoms with Gasteiger partial charge in [-0.05, 0) is 22.0 Å². The quantitative estimate of drug-likeness (QED) is 0.264. The number of hydrazone groups is 1. The molecule has 3 aromatic rings. The molecule has 0 radical (unpaired) electrons. The molecule has 130 valence electrons. The first kappa shape index (κ1) is 16.8. The number of amidine groups is 1. The number of nitrogens with two attached hydrogens (primary N) is 1. The second kappa shape index (κ2) is 6.26. The summed E-state index contributed by atoms with van der Waals surface area (Å²) in [6.45, 7) is 0. The summed E-state index contributed by atoms with van der Waals surface area (Å²) < 4.78 is 0.635. The zero-order valence-electron chi connectivity index (χ0n) is 13.6. The van der Waals surface area contributed by atoms with Crippen molar-refractivity contribution in [2.75, 3.05) is 5.43 Å². The van der Waals surface area contributed by atoms with Crippen molar-refractivity contribution in [1.82, 2.24) is 9.97 Å². The number of rotatable bonds is 3. The average molecular weight is 420 g/mol. The summed E-state index contributed by atoms with van der Waals surface area (Å²) in [6, 6.07) is 10.6. The normalized spacial score (nSPS) is 12.4. The molecule has 8 nitrogen and oxygen atoms in total. The van der Waals surface area contributed by atoms with Gasteiger partial charge in [-0.25, -0.2) is 9.97 Å². The molecular formula is C18H10BrN7O. The van der Waals surface area contributed by atoms with Crippen molar-refractivity contribution in [3.63, 3.8) is 0 Å². The fourth-order valence-corrected chi connectivity index (χ4v) is 3.55. The minimum Gasteiger partial charge on any atom is -0.382 e. The van der Waals surface area contributed by atoms with Crippen molar-refractivity contribution in [2.45, 2.75) is 0 Å². The molecular weight excluding hydrogens is 410 g/mol. The van der Waals surface area contributed by atoms with E-state index in [4.69, 9.17) is 16.4 Å². The average Bonchev–Trinajstić information content (AvgIpc) is 2.67. The lowest BCUT2D eigenvalue weighted by molar-refractivity contribution is 0.104. The monoisotopic (exact) mass is 419 g/mol. The summed E-state index contributed by atoms with van der Waals surface area (Å²) in [7, 11) is 0. The molecule has 0 amide bonds. The lowest BCUT2D eigenvalue weighted by Crippen LogP contribution is -2.22. The minimum absolute atomic E-state index is 0.204. The van der Waals surface area contributed by atoms with Crippen LogP contribution >= 0.6 is 15.9 Å². The van der Waals surface area contributed by atoms with Gasteiger partial charge in [0.15, 0.2) is 11.6 Å². The van der Waals surface area contributed by atoms with Crippen LogP contribution in [0, 0.1) is 16.7 Å². The van der Waals surface area contributed by atoms with Gasteiger partial charge in [-0.1, -0.05) is 24.3 Å². The van der Waals surface area contributed by atoms with Crippen LogP contribution in [0.5, 0.6) is 0 Å². The Hall–Kier alpha value is -3.64. The summed E-state index contributed by atoms with van der Waals surface area (Å²) in [5.41, 5.74) is 10.9. The summed E-state index contributed by atoms with van der Waals surface area (Å²) in [6.07, 6.45) is 1.45. The minimum atomic E-state index is -0.473. The number of halogens is 1. The number of ketones is 1. The summed E-state index contributed by atoms with van der Waals surface area (Å²) in [5.74, 6) is -0.677. The Morgan fingerprint density at radius 1 is 1.30 bits per heavy atom. The third kappa shape index (κ3) is 2.54. The van der Waals surface area contributed by atoms with Crippen molar-refractivity contribution in [3.05, 3.63) is 52.3 Å². The molecule has 1 heterocycles. The van der Waals surface area contributed by atoms with Crippen LogP contribution in [0.15, 0.2) is 46.2 Å². The summed E-state index contributed by atoms with van der Waals surface area (Å²) >= 11 is 3.46. The van der Waals surface area contributed by atoms with Gasteiger partial charge in [0, 0.05) is 21.0 Å². The van der Waals surface area contributed by atoms with Crippen molar-refractivity contribution < 1.29 is 4.79 Å². The highest BCUT2D eigenvalue weighted by Crippen LogP contribution is 2.42. The second-order valence-electron chi connectivity index (χ2n) is 5.70. The fourth-order valence-electron chi connectivity index (χ4n) is 3.02. The van der Waals surface area contributed by atoms with Crippen molar-refractivity contribution >= 4 is 49.9 Å². The number of benzene rings is 2. The number of nitrogens with one attached hydrogen (secondary N) is 2. The van der Waals surface area contributed by atoms with E-state index < -0.39 is 5.84 Å². The molecule has 1 aliphatic rings. The number of fused-ring (bicyclic) bond motifs is 2. The maximum atomic E-state index is 13.2. The number of hydrogen-bond donors (Lipinski definition) is 3. The molecule has 9 heteroatoms. The second-order valence-corrected chi connectivity index (χ2v) is 6.55. The molecule has 4 N–H and O–H groups in total. The first-order chi connectivity index (χ1) is 13.0. The van der Waals surface area contributed by atoms with Crippen molar-refractivity contribution in [3.8, 4) is 17.3 Å². The van der Waals surface area contributed by atoms with Gasteiger partial charge in [0.2, 0.25) is 5.71 Å². The smallest absolute Gasteiger partial charge is 0.201 e. The van der Waals surface area contributed by atoms with Crippen LogP contribution in [-0.4, -0.2) is 27.3 Å². The van der Waals surface area contributed by atoms with E-state index in [1.165, 1.54) is 6.33 Å². The fraction of sp³-hybridized carbons (Fsp3) is 0. The lowest BCUT2D eigenvalue weighted by atomic mass is 9.86. The van der Waals surface area contributed by atoms with Gasteiger partial charge in [-0.15, -0.1) is 0 Å². The molecule has 0 saturated carbocycles. The van der Waals surface area contributed by atoms with Crippen LogP contribution in [0.2, 0.25) is 0 Å². The number of carbonyl (C=O) groups is 1. The Morgan fingerprint density at radius 3 is 2.74 bits per heavy atom. The molecule has 0 saturated heterocycles. The van der Waals surface area contributed by atoms with Crippen LogP contribution in [0.4, 0.5) is 5.69 Å². The van der Waals surface area contributed by atoms with Crippen molar-refractivity contribution in [1.29, 1.82) is 10.7 Å². The van der Waals surface area contributed by atoms with Gasteiger partial charge in [-0.2, -0.15) is 10.4 Å². The zero-order valence-corrected chi connectivity index (χ0v) is 15.2. The predicted octanol–water partition coefficient (Wildman–Crippen LogP) is 2.83. The van der Waals surface area contributed by atoms with E-state index in [9.17, 15) is 4.79 Å². The third-order valence-electron chi connectivity index (χ3n) is 4.17. The van der Waals surface area contributed by atoms with Crippen molar-refractivity contribution in [2.24, 2.45) is 10.8 Å². The first-order valence-electron chi connectivity index (χ1n) is 7.72. The van der Waals surface area contributed by atoms with Gasteiger partial charge < -0.3 is 5.73 Å². The number of aromatic nitrogens is 2. The van der Waals surface area contributed by atoms with Crippen LogP contribution < -0.4 is 11.2 Å². The Balaban J connectivity index is 2.03. The van der Waals surface area contributed by atoms with Gasteiger partial charge in [0.1, 0.15) is 12.4 Å². The molecule has 0 aliphatic heterocycles. The Morgan fingerprint density at radius 2 is 2.04 bits per heavy atom. The largest absolute Gasteiger partial charge is 0.382 e. The molecule has 27 heavy (non-hydrogen) atoms. The number of nitrogens with zero attached hydrogens (tertiary/aromatic N) is 4. The van der Waals surface area contributed by atoms with E-state index >= 15 is 0 Å². The van der Waals surface area contributed by atoms with E-state index in [1.54, 1.807) is 24.3 Å². The van der Waals surface area contributed by atoms with E-state index in [1.807, 2.05) is 12.1 Å². The number of anilines is 1. The topological polar surface area (TPSA) is 141 Å². The molecule has 1 aromatic heterocycles. The van der Waals surface area contributed by atoms with Crippen LogP contribution in [0.3, 0.4) is 0 Å². The highest BCUT2D eigenvalue weighted by atomic mass is 79.9. The molecule has 0 bridgehead atoms. The maximum absolute atomic E-state index is 13.2. The van der Waals surface area contributed by atoms with Gasteiger partial charge in [-0.3, -0.25) is 15.6 Å². The standard InChI is InChI=1S/C18H10BrN7O/c19-10-5-11(25-26-12(6-20)18(21)22)13-14-15(23-7-24-16(10)14)8-3-1-2-4-9(8)17(13)27/h1-5,7,25H,(H3,21,22)/b26-12+. The summed E-state index contributed by atoms with van der Waals surface area (Å²) in [5, 5.41) is 20.8. The molecule has 2 aromatic carbocycles. The van der Waals surface area contributed by atoms with E-state index in [-0.39, 0.29) is 11.5 Å². The molecule has 0 spiro atoms. The molecule has 1 aliphatic carbocycles. The molecule has 0 fully saturated rings. The van der Waals surface area contributed by atoms with Crippen LogP contribution in [-0.2, 0) is 0 Å². The summed E-state index contributed by atoms with van der Waals surface area (Å²) in [4.78, 5) is 21.9. The Kier molecular flexibility index (Phi) is 3.90. The van der Waals surface area contributed by atoms with E-state index in [0.29, 0.717) is 37.9 Å². The lowest BCUT2D eigenvalue weighted by Gasteiger charge is -2.21. The number of carbonyl (C=O) groups excluding carboxylic acids is 1. The van der Waals surface area contributed by atoms with Gasteiger partial charge in [0.25, 0.3) is 0 Å². The third-order valence-corrected chi connectivity index (χ3v) is 4.77. The predicted molar refractivity (Wildman–Crippen MR) is 105 cm³/mol. The molecule has 0 atom stereocenters. The number of nitriles is 1.